The number of nitrogens with zero attached hydrogens (tertiary/aromatic N) is 1. The van der Waals surface area contributed by atoms with Crippen LogP contribution in [-0.4, -0.2) is 49.5 Å². The molecule has 29 heavy (non-hydrogen) atoms. The molecule has 1 heterocycles. The summed E-state index contributed by atoms with van der Waals surface area (Å²) in [6.45, 7) is 2.04. The maximum Gasteiger partial charge on any atom is 0.257 e. The molecule has 8 heteroatoms. The van der Waals surface area contributed by atoms with Crippen LogP contribution in [0.5, 0.6) is 5.75 Å². The summed E-state index contributed by atoms with van der Waals surface area (Å²) in [7, 11) is 0. The minimum absolute atomic E-state index is 0.0415. The van der Waals surface area contributed by atoms with Gasteiger partial charge in [-0.15, -0.1) is 0 Å². The Labute approximate surface area is 180 Å². The fourth-order valence-electron chi connectivity index (χ4n) is 3.07. The van der Waals surface area contributed by atoms with Crippen LogP contribution in [0.2, 0.25) is 10.0 Å². The number of amides is 2. The lowest BCUT2D eigenvalue weighted by Crippen LogP contribution is -2.36. The molecule has 2 N–H and O–H groups in total. The van der Waals surface area contributed by atoms with Crippen LogP contribution in [-0.2, 0) is 9.59 Å². The standard InChI is InChI=1S/C21H23Cl2N3O3/c22-16-1-5-18(6-2-16)24-12-21(28)26-10-9-15(13-26)11-25-20(27)14-29-19-7-3-17(23)4-8-19/h1-8,15,24H,9-14H2,(H,25,27). The molecule has 1 aliphatic heterocycles. The van der Waals surface area contributed by atoms with Gasteiger partial charge in [-0.2, -0.15) is 0 Å². The molecular formula is C21H23Cl2N3O3. The van der Waals surface area contributed by atoms with E-state index in [1.807, 2.05) is 17.0 Å². The molecule has 0 aromatic heterocycles. The number of halogens is 2. The predicted molar refractivity (Wildman–Crippen MR) is 115 cm³/mol. The fourth-order valence-corrected chi connectivity index (χ4v) is 3.32. The summed E-state index contributed by atoms with van der Waals surface area (Å²) in [6.07, 6.45) is 0.866. The Balaban J connectivity index is 1.33. The quantitative estimate of drug-likeness (QED) is 0.665. The van der Waals surface area contributed by atoms with Crippen LogP contribution < -0.4 is 15.4 Å². The largest absolute Gasteiger partial charge is 0.484 e. The van der Waals surface area contributed by atoms with Gasteiger partial charge in [-0.3, -0.25) is 9.59 Å². The maximum atomic E-state index is 12.4. The Morgan fingerprint density at radius 1 is 1.03 bits per heavy atom. The highest BCUT2D eigenvalue weighted by molar-refractivity contribution is 6.30. The number of hydrogen-bond donors (Lipinski definition) is 2. The van der Waals surface area contributed by atoms with E-state index in [0.29, 0.717) is 35.4 Å². The first kappa shape index (κ1) is 21.3. The Morgan fingerprint density at radius 3 is 2.38 bits per heavy atom. The highest BCUT2D eigenvalue weighted by Gasteiger charge is 2.26. The Bertz CT molecular complexity index is 828. The van der Waals surface area contributed by atoms with E-state index in [9.17, 15) is 9.59 Å². The van der Waals surface area contributed by atoms with Gasteiger partial charge in [-0.25, -0.2) is 0 Å². The van der Waals surface area contributed by atoms with Crippen LogP contribution >= 0.6 is 23.2 Å². The molecule has 0 bridgehead atoms. The second-order valence-electron chi connectivity index (χ2n) is 6.90. The predicted octanol–water partition coefficient (Wildman–Crippen LogP) is 3.45. The summed E-state index contributed by atoms with van der Waals surface area (Å²) in [5.41, 5.74) is 0.853. The molecule has 1 fully saturated rings. The van der Waals surface area contributed by atoms with Crippen molar-refractivity contribution < 1.29 is 14.3 Å². The van der Waals surface area contributed by atoms with E-state index in [0.717, 1.165) is 12.1 Å². The van der Waals surface area contributed by atoms with Crippen LogP contribution in [0, 0.1) is 5.92 Å². The van der Waals surface area contributed by atoms with Gasteiger partial charge in [0.2, 0.25) is 5.91 Å². The van der Waals surface area contributed by atoms with Gasteiger partial charge in [0, 0.05) is 35.4 Å². The van der Waals surface area contributed by atoms with E-state index in [-0.39, 0.29) is 30.9 Å². The molecule has 1 saturated heterocycles. The Morgan fingerprint density at radius 2 is 1.69 bits per heavy atom. The van der Waals surface area contributed by atoms with Crippen molar-refractivity contribution in [3.8, 4) is 5.75 Å². The van der Waals surface area contributed by atoms with Crippen molar-refractivity contribution in [2.45, 2.75) is 6.42 Å². The van der Waals surface area contributed by atoms with Crippen LogP contribution in [0.1, 0.15) is 6.42 Å². The topological polar surface area (TPSA) is 70.7 Å². The van der Waals surface area contributed by atoms with Gasteiger partial charge in [0.15, 0.2) is 6.61 Å². The van der Waals surface area contributed by atoms with Crippen molar-refractivity contribution in [3.05, 3.63) is 58.6 Å². The number of benzene rings is 2. The molecule has 0 saturated carbocycles. The molecule has 154 valence electrons. The maximum absolute atomic E-state index is 12.4. The van der Waals surface area contributed by atoms with Crippen molar-refractivity contribution >= 4 is 40.7 Å². The van der Waals surface area contributed by atoms with Gasteiger partial charge in [-0.05, 0) is 60.9 Å². The van der Waals surface area contributed by atoms with Gasteiger partial charge >= 0.3 is 0 Å². The first-order valence-corrected chi connectivity index (χ1v) is 10.2. The highest BCUT2D eigenvalue weighted by Crippen LogP contribution is 2.17. The first-order valence-electron chi connectivity index (χ1n) is 9.42. The molecular weight excluding hydrogens is 413 g/mol. The van der Waals surface area contributed by atoms with E-state index < -0.39 is 0 Å². The Kier molecular flexibility index (Phi) is 7.61. The van der Waals surface area contributed by atoms with Gasteiger partial charge in [0.1, 0.15) is 5.75 Å². The zero-order chi connectivity index (χ0) is 20.6. The number of ether oxygens (including phenoxy) is 1. The summed E-state index contributed by atoms with van der Waals surface area (Å²) in [5.74, 6) is 0.693. The number of carbonyl (C=O) groups is 2. The molecule has 2 amide bonds. The third-order valence-corrected chi connectivity index (χ3v) is 5.20. The number of rotatable bonds is 8. The van der Waals surface area contributed by atoms with Gasteiger partial charge in [0.25, 0.3) is 5.91 Å². The zero-order valence-electron chi connectivity index (χ0n) is 15.9. The minimum atomic E-state index is -0.186. The van der Waals surface area contributed by atoms with Crippen LogP contribution in [0.25, 0.3) is 0 Å². The summed E-state index contributed by atoms with van der Waals surface area (Å²) in [6, 6.07) is 14.1. The van der Waals surface area contributed by atoms with Crippen molar-refractivity contribution in [2.75, 3.05) is 38.1 Å². The molecule has 1 aliphatic rings. The molecule has 2 aromatic carbocycles. The lowest BCUT2D eigenvalue weighted by atomic mass is 10.1. The number of nitrogens with one attached hydrogen (secondary N) is 2. The summed E-state index contributed by atoms with van der Waals surface area (Å²) >= 11 is 11.7. The van der Waals surface area contributed by atoms with Crippen molar-refractivity contribution in [1.82, 2.24) is 10.2 Å². The smallest absolute Gasteiger partial charge is 0.257 e. The molecule has 0 radical (unpaired) electrons. The van der Waals surface area contributed by atoms with Crippen molar-refractivity contribution in [1.29, 1.82) is 0 Å². The van der Waals surface area contributed by atoms with Crippen LogP contribution in [0.15, 0.2) is 48.5 Å². The number of anilines is 1. The lowest BCUT2D eigenvalue weighted by molar-refractivity contribution is -0.128. The summed E-state index contributed by atoms with van der Waals surface area (Å²) < 4.78 is 5.43. The number of carbonyl (C=O) groups excluding carboxylic acids is 2. The number of likely N-dealkylation sites (tertiary alicyclic amines) is 1. The van der Waals surface area contributed by atoms with Crippen molar-refractivity contribution in [2.24, 2.45) is 5.92 Å². The summed E-state index contributed by atoms with van der Waals surface area (Å²) in [5, 5.41) is 7.25. The van der Waals surface area contributed by atoms with E-state index in [1.54, 1.807) is 36.4 Å². The first-order chi connectivity index (χ1) is 14.0. The van der Waals surface area contributed by atoms with Gasteiger partial charge in [-0.1, -0.05) is 23.2 Å². The monoisotopic (exact) mass is 435 g/mol. The normalized spacial score (nSPS) is 15.8. The highest BCUT2D eigenvalue weighted by atomic mass is 35.5. The summed E-state index contributed by atoms with van der Waals surface area (Å²) in [4.78, 5) is 26.2. The average molecular weight is 436 g/mol. The third kappa shape index (κ3) is 6.84. The van der Waals surface area contributed by atoms with E-state index in [2.05, 4.69) is 10.6 Å². The molecule has 0 aliphatic carbocycles. The number of hydrogen-bond acceptors (Lipinski definition) is 4. The molecule has 6 nitrogen and oxygen atoms in total. The van der Waals surface area contributed by atoms with E-state index in [1.165, 1.54) is 0 Å². The third-order valence-electron chi connectivity index (χ3n) is 4.70. The SMILES string of the molecule is O=C(COc1ccc(Cl)cc1)NCC1CCN(C(=O)CNc2ccc(Cl)cc2)C1. The minimum Gasteiger partial charge on any atom is -0.484 e. The Hall–Kier alpha value is -2.44. The molecule has 2 aromatic rings. The van der Waals surface area contributed by atoms with Crippen LogP contribution in [0.4, 0.5) is 5.69 Å². The zero-order valence-corrected chi connectivity index (χ0v) is 17.4. The molecule has 1 atom stereocenters. The fraction of sp³-hybridized carbons (Fsp3) is 0.333. The molecule has 0 spiro atoms. The second kappa shape index (κ2) is 10.4. The van der Waals surface area contributed by atoms with E-state index >= 15 is 0 Å². The van der Waals surface area contributed by atoms with Crippen LogP contribution in [0.3, 0.4) is 0 Å². The second-order valence-corrected chi connectivity index (χ2v) is 7.77. The van der Waals surface area contributed by atoms with Gasteiger partial charge < -0.3 is 20.3 Å². The van der Waals surface area contributed by atoms with E-state index in [4.69, 9.17) is 27.9 Å². The van der Waals surface area contributed by atoms with Crippen molar-refractivity contribution in [3.63, 3.8) is 0 Å². The van der Waals surface area contributed by atoms with Gasteiger partial charge in [0.05, 0.1) is 6.54 Å². The average Bonchev–Trinajstić information content (AvgIpc) is 3.20. The lowest BCUT2D eigenvalue weighted by Gasteiger charge is -2.17. The molecule has 3 rings (SSSR count). The molecule has 1 unspecified atom stereocenters.